The Morgan fingerprint density at radius 2 is 2.06 bits per heavy atom. The molecule has 1 aliphatic carbocycles. The Hall–Kier alpha value is -0.570. The van der Waals surface area contributed by atoms with Gasteiger partial charge in [0, 0.05) is 6.42 Å². The molecule has 17 heavy (non-hydrogen) atoms. The zero-order valence-electron chi connectivity index (χ0n) is 11.3. The number of nitrogens with two attached hydrogens (primary N) is 1. The zero-order valence-corrected chi connectivity index (χ0v) is 11.3. The Bertz CT molecular complexity index is 230. The maximum Gasteiger partial charge on any atom is 0.306 e. The van der Waals surface area contributed by atoms with Crippen LogP contribution in [0.5, 0.6) is 0 Å². The molecule has 0 aromatic carbocycles. The lowest BCUT2D eigenvalue weighted by atomic mass is 9.88. The van der Waals surface area contributed by atoms with Crippen molar-refractivity contribution < 1.29 is 9.53 Å². The topological polar surface area (TPSA) is 52.3 Å². The molecule has 100 valence electrons. The molecule has 0 bridgehead atoms. The Balaban J connectivity index is 2.19. The molecule has 1 rings (SSSR count). The molecule has 0 spiro atoms. The molecule has 0 aliphatic heterocycles. The fraction of sp³-hybridized carbons (Fsp3) is 0.929. The van der Waals surface area contributed by atoms with Crippen LogP contribution in [0.25, 0.3) is 0 Å². The summed E-state index contributed by atoms with van der Waals surface area (Å²) in [6.07, 6.45) is 7.33. The van der Waals surface area contributed by atoms with Crippen LogP contribution in [0.15, 0.2) is 0 Å². The van der Waals surface area contributed by atoms with Crippen molar-refractivity contribution in [3.8, 4) is 0 Å². The molecule has 1 fully saturated rings. The molecule has 3 heteroatoms. The second-order valence-electron chi connectivity index (χ2n) is 5.51. The predicted molar refractivity (Wildman–Crippen MR) is 69.6 cm³/mol. The monoisotopic (exact) mass is 241 g/mol. The molecular formula is C14H27NO2. The van der Waals surface area contributed by atoms with Gasteiger partial charge in [0.05, 0.1) is 0 Å². The van der Waals surface area contributed by atoms with Gasteiger partial charge in [-0.25, -0.2) is 0 Å². The molecule has 3 unspecified atom stereocenters. The molecule has 1 saturated carbocycles. The number of hydrogen-bond acceptors (Lipinski definition) is 3. The molecule has 0 saturated heterocycles. The fourth-order valence-electron chi connectivity index (χ4n) is 2.48. The normalized spacial score (nSPS) is 26.5. The van der Waals surface area contributed by atoms with E-state index >= 15 is 0 Å². The number of ether oxygens (including phenoxy) is 1. The van der Waals surface area contributed by atoms with E-state index in [0.29, 0.717) is 24.8 Å². The van der Waals surface area contributed by atoms with Gasteiger partial charge < -0.3 is 10.5 Å². The van der Waals surface area contributed by atoms with Crippen LogP contribution in [0.2, 0.25) is 0 Å². The van der Waals surface area contributed by atoms with Crippen LogP contribution in [0, 0.1) is 11.8 Å². The molecule has 3 atom stereocenters. The largest absolute Gasteiger partial charge is 0.462 e. The minimum absolute atomic E-state index is 0.0207. The highest BCUT2D eigenvalue weighted by atomic mass is 16.5. The van der Waals surface area contributed by atoms with Gasteiger partial charge in [-0.1, -0.05) is 20.3 Å². The van der Waals surface area contributed by atoms with Gasteiger partial charge in [0.25, 0.3) is 0 Å². The molecular weight excluding hydrogens is 214 g/mol. The number of hydrogen-bond donors (Lipinski definition) is 1. The quantitative estimate of drug-likeness (QED) is 0.727. The zero-order chi connectivity index (χ0) is 12.7. The maximum absolute atomic E-state index is 11.7. The minimum Gasteiger partial charge on any atom is -0.462 e. The molecule has 0 radical (unpaired) electrons. The lowest BCUT2D eigenvalue weighted by Gasteiger charge is -2.28. The molecule has 0 amide bonds. The summed E-state index contributed by atoms with van der Waals surface area (Å²) in [5, 5.41) is 0. The van der Waals surface area contributed by atoms with Crippen molar-refractivity contribution >= 4 is 5.97 Å². The number of carbonyl (C=O) groups excluding carboxylic acids is 1. The smallest absolute Gasteiger partial charge is 0.306 e. The van der Waals surface area contributed by atoms with Crippen molar-refractivity contribution in [1.82, 2.24) is 0 Å². The number of esters is 1. The van der Waals surface area contributed by atoms with Crippen LogP contribution in [0.1, 0.15) is 58.8 Å². The number of carbonyl (C=O) groups is 1. The molecule has 2 N–H and O–H groups in total. The van der Waals surface area contributed by atoms with Gasteiger partial charge in [-0.2, -0.15) is 0 Å². The Morgan fingerprint density at radius 3 is 2.71 bits per heavy atom. The van der Waals surface area contributed by atoms with Crippen molar-refractivity contribution in [3.63, 3.8) is 0 Å². The van der Waals surface area contributed by atoms with E-state index in [1.807, 2.05) is 0 Å². The molecule has 0 aromatic rings. The lowest BCUT2D eigenvalue weighted by Crippen LogP contribution is -2.28. The summed E-state index contributed by atoms with van der Waals surface area (Å²) in [7, 11) is 0. The third-order valence-corrected chi connectivity index (χ3v) is 3.82. The van der Waals surface area contributed by atoms with E-state index in [1.165, 1.54) is 19.3 Å². The van der Waals surface area contributed by atoms with Gasteiger partial charge in [-0.15, -0.1) is 0 Å². The Labute approximate surface area is 105 Å². The summed E-state index contributed by atoms with van der Waals surface area (Å²) >= 11 is 0. The third kappa shape index (κ3) is 5.53. The van der Waals surface area contributed by atoms with Crippen LogP contribution in [0.4, 0.5) is 0 Å². The summed E-state index contributed by atoms with van der Waals surface area (Å²) in [6.45, 7) is 5.04. The molecule has 0 aromatic heterocycles. The maximum atomic E-state index is 11.7. The van der Waals surface area contributed by atoms with Crippen molar-refractivity contribution in [1.29, 1.82) is 0 Å². The van der Waals surface area contributed by atoms with E-state index in [9.17, 15) is 4.79 Å². The average Bonchev–Trinajstić information content (AvgIpc) is 2.30. The van der Waals surface area contributed by atoms with Gasteiger partial charge in [0.15, 0.2) is 0 Å². The Kier molecular flexibility index (Phi) is 6.56. The first-order valence-electron chi connectivity index (χ1n) is 7.03. The van der Waals surface area contributed by atoms with Crippen LogP contribution < -0.4 is 5.73 Å². The van der Waals surface area contributed by atoms with E-state index in [2.05, 4.69) is 13.8 Å². The van der Waals surface area contributed by atoms with Gasteiger partial charge in [0.1, 0.15) is 6.10 Å². The summed E-state index contributed by atoms with van der Waals surface area (Å²) in [4.78, 5) is 11.7. The van der Waals surface area contributed by atoms with Crippen molar-refractivity contribution in [2.75, 3.05) is 6.54 Å². The first kappa shape index (κ1) is 14.5. The van der Waals surface area contributed by atoms with Gasteiger partial charge in [-0.05, 0) is 50.5 Å². The van der Waals surface area contributed by atoms with Crippen LogP contribution in [-0.4, -0.2) is 18.6 Å². The van der Waals surface area contributed by atoms with E-state index in [1.54, 1.807) is 0 Å². The van der Waals surface area contributed by atoms with E-state index in [4.69, 9.17) is 10.5 Å². The third-order valence-electron chi connectivity index (χ3n) is 3.82. The van der Waals surface area contributed by atoms with Crippen molar-refractivity contribution in [3.05, 3.63) is 0 Å². The lowest BCUT2D eigenvalue weighted by molar-refractivity contribution is -0.153. The van der Waals surface area contributed by atoms with Gasteiger partial charge in [-0.3, -0.25) is 4.79 Å². The second-order valence-corrected chi connectivity index (χ2v) is 5.51. The molecule has 3 nitrogen and oxygen atoms in total. The van der Waals surface area contributed by atoms with Crippen LogP contribution in [-0.2, 0) is 9.53 Å². The van der Waals surface area contributed by atoms with Crippen molar-refractivity contribution in [2.45, 2.75) is 64.9 Å². The van der Waals surface area contributed by atoms with Gasteiger partial charge in [0.2, 0.25) is 0 Å². The standard InChI is InChI=1S/C14H27NO2/c1-11(9-10-15)7-8-14(16)17-13-6-4-3-5-12(13)2/h11-13H,3-10,15H2,1-2H3. The van der Waals surface area contributed by atoms with E-state index in [0.717, 1.165) is 19.3 Å². The summed E-state index contributed by atoms with van der Waals surface area (Å²) in [6, 6.07) is 0. The highest BCUT2D eigenvalue weighted by Gasteiger charge is 2.24. The first-order valence-corrected chi connectivity index (χ1v) is 7.03. The van der Waals surface area contributed by atoms with Gasteiger partial charge >= 0.3 is 5.97 Å². The van der Waals surface area contributed by atoms with Crippen LogP contribution in [0.3, 0.4) is 0 Å². The fourth-order valence-corrected chi connectivity index (χ4v) is 2.48. The second kappa shape index (κ2) is 7.70. The SMILES string of the molecule is CC(CCN)CCC(=O)OC1CCCCC1C. The molecule has 0 heterocycles. The minimum atomic E-state index is -0.0207. The van der Waals surface area contributed by atoms with E-state index in [-0.39, 0.29) is 12.1 Å². The van der Waals surface area contributed by atoms with Crippen LogP contribution >= 0.6 is 0 Å². The first-order chi connectivity index (χ1) is 8.13. The number of rotatable bonds is 6. The Morgan fingerprint density at radius 1 is 1.35 bits per heavy atom. The summed E-state index contributed by atoms with van der Waals surface area (Å²) in [5.41, 5.74) is 5.49. The summed E-state index contributed by atoms with van der Waals surface area (Å²) < 4.78 is 5.56. The predicted octanol–water partition coefficient (Wildman–Crippen LogP) is 2.87. The van der Waals surface area contributed by atoms with E-state index < -0.39 is 0 Å². The highest BCUT2D eigenvalue weighted by molar-refractivity contribution is 5.69. The highest BCUT2D eigenvalue weighted by Crippen LogP contribution is 2.26. The van der Waals surface area contributed by atoms with Crippen molar-refractivity contribution in [2.24, 2.45) is 17.6 Å². The average molecular weight is 241 g/mol. The summed E-state index contributed by atoms with van der Waals surface area (Å²) in [5.74, 6) is 1.04. The molecule has 1 aliphatic rings.